The minimum absolute atomic E-state index is 0.764. The Labute approximate surface area is 119 Å². The minimum atomic E-state index is 0.764. The van der Waals surface area contributed by atoms with Crippen LogP contribution in [-0.4, -0.2) is 0 Å². The number of benzene rings is 3. The summed E-state index contributed by atoms with van der Waals surface area (Å²) in [5, 5.41) is 3.24. The van der Waals surface area contributed by atoms with Crippen molar-refractivity contribution in [3.05, 3.63) is 70.2 Å². The molecule has 3 aromatic carbocycles. The van der Waals surface area contributed by atoms with Crippen LogP contribution in [0.3, 0.4) is 0 Å². The first kappa shape index (κ1) is 11.8. The molecule has 0 unspecified atom stereocenters. The second-order valence-corrected chi connectivity index (χ2v) is 5.44. The molecule has 0 saturated heterocycles. The molecule has 0 atom stereocenters. The van der Waals surface area contributed by atoms with Gasteiger partial charge in [0.2, 0.25) is 0 Å². The topological polar surface area (TPSA) is 0 Å². The molecule has 0 nitrogen and oxygen atoms in total. The molecule has 0 aliphatic heterocycles. The highest BCUT2D eigenvalue weighted by Crippen LogP contribution is 2.33. The predicted molar refractivity (Wildman–Crippen MR) is 82.1 cm³/mol. The molecule has 0 fully saturated rings. The average Bonchev–Trinajstić information content (AvgIpc) is 2.41. The van der Waals surface area contributed by atoms with Gasteiger partial charge in [0.15, 0.2) is 0 Å². The van der Waals surface area contributed by atoms with Gasteiger partial charge in [0, 0.05) is 9.50 Å². The van der Waals surface area contributed by atoms with E-state index >= 15 is 0 Å². The van der Waals surface area contributed by atoms with Crippen LogP contribution >= 0.6 is 27.5 Å². The molecule has 0 amide bonds. The molecule has 0 radical (unpaired) electrons. The molecule has 88 valence electrons. The number of hydrogen-bond donors (Lipinski definition) is 0. The lowest BCUT2D eigenvalue weighted by Crippen LogP contribution is -1.82. The van der Waals surface area contributed by atoms with Crippen LogP contribution in [0.4, 0.5) is 0 Å². The first-order valence-corrected chi connectivity index (χ1v) is 6.86. The van der Waals surface area contributed by atoms with Crippen molar-refractivity contribution in [2.45, 2.75) is 0 Å². The lowest BCUT2D eigenvalue weighted by Gasteiger charge is -2.08. The minimum Gasteiger partial charge on any atom is -0.0843 e. The number of fused-ring (bicyclic) bond motifs is 1. The third kappa shape index (κ3) is 2.05. The summed E-state index contributed by atoms with van der Waals surface area (Å²) in [6.07, 6.45) is 0. The van der Waals surface area contributed by atoms with Gasteiger partial charge in [0.25, 0.3) is 0 Å². The van der Waals surface area contributed by atoms with E-state index in [-0.39, 0.29) is 0 Å². The molecule has 0 saturated carbocycles. The van der Waals surface area contributed by atoms with Crippen molar-refractivity contribution in [1.82, 2.24) is 0 Å². The van der Waals surface area contributed by atoms with Gasteiger partial charge < -0.3 is 0 Å². The first-order chi connectivity index (χ1) is 8.75. The predicted octanol–water partition coefficient (Wildman–Crippen LogP) is 5.92. The molecule has 0 bridgehead atoms. The molecule has 0 heterocycles. The molecule has 3 rings (SSSR count). The Morgan fingerprint density at radius 3 is 2.11 bits per heavy atom. The number of hydrogen-bond acceptors (Lipinski definition) is 0. The summed E-state index contributed by atoms with van der Waals surface area (Å²) in [5.41, 5.74) is 2.41. The summed E-state index contributed by atoms with van der Waals surface area (Å²) in [6, 6.07) is 20.6. The molecular weight excluding hydrogens is 308 g/mol. The summed E-state index contributed by atoms with van der Waals surface area (Å²) in [6.45, 7) is 0. The summed E-state index contributed by atoms with van der Waals surface area (Å²) in [7, 11) is 0. The fraction of sp³-hybridized carbons (Fsp3) is 0. The summed E-state index contributed by atoms with van der Waals surface area (Å²) in [5.74, 6) is 0. The fourth-order valence-electron chi connectivity index (χ4n) is 2.14. The molecule has 18 heavy (non-hydrogen) atoms. The average molecular weight is 318 g/mol. The molecule has 2 heteroatoms. The van der Waals surface area contributed by atoms with Gasteiger partial charge in [0.05, 0.1) is 0 Å². The van der Waals surface area contributed by atoms with E-state index in [0.717, 1.165) is 9.50 Å². The van der Waals surface area contributed by atoms with Gasteiger partial charge in [-0.15, -0.1) is 0 Å². The van der Waals surface area contributed by atoms with Gasteiger partial charge in [-0.25, -0.2) is 0 Å². The van der Waals surface area contributed by atoms with E-state index < -0.39 is 0 Å². The van der Waals surface area contributed by atoms with Gasteiger partial charge in [0.1, 0.15) is 0 Å². The SMILES string of the molecule is Clc1ccc(-c2ccc(Br)c3ccccc23)cc1. The van der Waals surface area contributed by atoms with Crippen LogP contribution < -0.4 is 0 Å². The van der Waals surface area contributed by atoms with Crippen molar-refractivity contribution in [3.8, 4) is 11.1 Å². The normalized spacial score (nSPS) is 10.8. The smallest absolute Gasteiger partial charge is 0.0406 e. The molecule has 0 aliphatic rings. The summed E-state index contributed by atoms with van der Waals surface area (Å²) >= 11 is 9.53. The van der Waals surface area contributed by atoms with E-state index in [9.17, 15) is 0 Å². The summed E-state index contributed by atoms with van der Waals surface area (Å²) in [4.78, 5) is 0. The molecule has 0 spiro atoms. The molecule has 0 aromatic heterocycles. The Hall–Kier alpha value is -1.31. The van der Waals surface area contributed by atoms with E-state index in [0.29, 0.717) is 0 Å². The van der Waals surface area contributed by atoms with E-state index in [4.69, 9.17) is 11.6 Å². The van der Waals surface area contributed by atoms with Crippen LogP contribution in [-0.2, 0) is 0 Å². The Balaban J connectivity index is 2.30. The highest BCUT2D eigenvalue weighted by Gasteiger charge is 2.05. The van der Waals surface area contributed by atoms with Gasteiger partial charge >= 0.3 is 0 Å². The second-order valence-electron chi connectivity index (χ2n) is 4.15. The van der Waals surface area contributed by atoms with Gasteiger partial charge in [-0.3, -0.25) is 0 Å². The molecule has 0 N–H and O–H groups in total. The van der Waals surface area contributed by atoms with Crippen molar-refractivity contribution in [1.29, 1.82) is 0 Å². The Kier molecular flexibility index (Phi) is 3.11. The monoisotopic (exact) mass is 316 g/mol. The van der Waals surface area contributed by atoms with Gasteiger partial charge in [-0.2, -0.15) is 0 Å². The molecule has 0 aliphatic carbocycles. The maximum atomic E-state index is 5.94. The molecular formula is C16H10BrCl. The van der Waals surface area contributed by atoms with E-state index in [2.05, 4.69) is 64.5 Å². The fourth-order valence-corrected chi connectivity index (χ4v) is 2.75. The third-order valence-electron chi connectivity index (χ3n) is 3.03. The van der Waals surface area contributed by atoms with Crippen LogP contribution in [0.2, 0.25) is 5.02 Å². The lowest BCUT2D eigenvalue weighted by molar-refractivity contribution is 1.64. The van der Waals surface area contributed by atoms with Crippen molar-refractivity contribution in [3.63, 3.8) is 0 Å². The van der Waals surface area contributed by atoms with Crippen LogP contribution in [0.1, 0.15) is 0 Å². The van der Waals surface area contributed by atoms with Gasteiger partial charge in [-0.1, -0.05) is 70.0 Å². The second kappa shape index (κ2) is 4.75. The Morgan fingerprint density at radius 1 is 0.722 bits per heavy atom. The standard InChI is InChI=1S/C16H10BrCl/c17-16-10-9-13(11-5-7-12(18)8-6-11)14-3-1-2-4-15(14)16/h1-10H. The van der Waals surface area contributed by atoms with Crippen LogP contribution in [0.15, 0.2) is 65.1 Å². The largest absolute Gasteiger partial charge is 0.0843 e. The Bertz CT molecular complexity index is 702. The zero-order valence-electron chi connectivity index (χ0n) is 9.53. The van der Waals surface area contributed by atoms with Crippen LogP contribution in [0.25, 0.3) is 21.9 Å². The van der Waals surface area contributed by atoms with Crippen LogP contribution in [0, 0.1) is 0 Å². The number of rotatable bonds is 1. The van der Waals surface area contributed by atoms with E-state index in [1.54, 1.807) is 0 Å². The van der Waals surface area contributed by atoms with Crippen LogP contribution in [0.5, 0.6) is 0 Å². The van der Waals surface area contributed by atoms with Crippen molar-refractivity contribution in [2.24, 2.45) is 0 Å². The maximum Gasteiger partial charge on any atom is 0.0406 e. The zero-order chi connectivity index (χ0) is 12.5. The van der Waals surface area contributed by atoms with Crippen molar-refractivity contribution >= 4 is 38.3 Å². The van der Waals surface area contributed by atoms with Crippen molar-refractivity contribution < 1.29 is 0 Å². The quantitative estimate of drug-likeness (QED) is 0.522. The zero-order valence-corrected chi connectivity index (χ0v) is 11.9. The Morgan fingerprint density at radius 2 is 1.39 bits per heavy atom. The summed E-state index contributed by atoms with van der Waals surface area (Å²) < 4.78 is 1.12. The lowest BCUT2D eigenvalue weighted by atomic mass is 9.98. The van der Waals surface area contributed by atoms with Crippen molar-refractivity contribution in [2.75, 3.05) is 0 Å². The van der Waals surface area contributed by atoms with E-state index in [1.807, 2.05) is 12.1 Å². The first-order valence-electron chi connectivity index (χ1n) is 5.69. The van der Waals surface area contributed by atoms with Gasteiger partial charge in [-0.05, 0) is 40.1 Å². The third-order valence-corrected chi connectivity index (χ3v) is 3.97. The highest BCUT2D eigenvalue weighted by atomic mass is 79.9. The maximum absolute atomic E-state index is 5.94. The molecule has 3 aromatic rings. The van der Waals surface area contributed by atoms with E-state index in [1.165, 1.54) is 21.9 Å². The number of halogens is 2. The highest BCUT2D eigenvalue weighted by molar-refractivity contribution is 9.10.